The van der Waals surface area contributed by atoms with Crippen molar-refractivity contribution < 1.29 is 9.59 Å². The maximum atomic E-state index is 13.2. The number of aromatic nitrogens is 3. The molecule has 2 heterocycles. The van der Waals surface area contributed by atoms with Gasteiger partial charge in [-0.3, -0.25) is 14.2 Å². The zero-order chi connectivity index (χ0) is 22.1. The Morgan fingerprint density at radius 1 is 1.16 bits per heavy atom. The molecule has 7 nitrogen and oxygen atoms in total. The fraction of sp³-hybridized carbons (Fsp3) is 0.565. The zero-order valence-electron chi connectivity index (χ0n) is 18.7. The van der Waals surface area contributed by atoms with Crippen LogP contribution in [0.1, 0.15) is 58.7 Å². The molecular weight excluding hydrogens is 410 g/mol. The predicted octanol–water partition coefficient (Wildman–Crippen LogP) is 4.09. The summed E-state index contributed by atoms with van der Waals surface area (Å²) in [4.78, 5) is 26.7. The number of nitrogens with one attached hydrogen (secondary N) is 1. The quantitative estimate of drug-likeness (QED) is 0.683. The fourth-order valence-electron chi connectivity index (χ4n) is 4.44. The molecule has 8 heteroatoms. The largest absolute Gasteiger partial charge is 0.341 e. The highest BCUT2D eigenvalue weighted by atomic mass is 32.2. The van der Waals surface area contributed by atoms with E-state index in [1.54, 1.807) is 0 Å². The minimum atomic E-state index is -0.244. The maximum Gasteiger partial charge on any atom is 0.235 e. The first kappa shape index (κ1) is 21.9. The molecule has 1 aliphatic carbocycles. The molecule has 3 atom stereocenters. The van der Waals surface area contributed by atoms with Crippen LogP contribution >= 0.6 is 11.8 Å². The first-order valence-corrected chi connectivity index (χ1v) is 12.0. The third-order valence-electron chi connectivity index (χ3n) is 5.84. The van der Waals surface area contributed by atoms with Crippen LogP contribution in [0.25, 0.3) is 5.69 Å². The second kappa shape index (κ2) is 9.02. The first-order valence-electron chi connectivity index (χ1n) is 11.1. The lowest BCUT2D eigenvalue weighted by Crippen LogP contribution is -2.45. The van der Waals surface area contributed by atoms with E-state index in [0.717, 1.165) is 48.3 Å². The van der Waals surface area contributed by atoms with Crippen molar-refractivity contribution in [3.8, 4) is 5.69 Å². The standard InChI is InChI=1S/C23H31N5O2S/c1-14-10-15(2)13-27(12-14)22(30)16(3)31-23-26-25-21(18-8-9-18)28(23)20-7-5-6-19(11-20)24-17(4)29/h5-7,11,14-16,18H,8-10,12-13H2,1-4H3,(H,24,29)/t14-,15+,16-/m1/s1. The van der Waals surface area contributed by atoms with Crippen LogP contribution in [0.2, 0.25) is 0 Å². The molecule has 2 aliphatic rings. The number of carbonyl (C=O) groups is 2. The van der Waals surface area contributed by atoms with Gasteiger partial charge < -0.3 is 10.2 Å². The van der Waals surface area contributed by atoms with Crippen molar-refractivity contribution in [3.63, 3.8) is 0 Å². The van der Waals surface area contributed by atoms with Crippen LogP contribution in [0.3, 0.4) is 0 Å². The van der Waals surface area contributed by atoms with Crippen molar-refractivity contribution in [1.82, 2.24) is 19.7 Å². The van der Waals surface area contributed by atoms with Crippen LogP contribution in [-0.4, -0.2) is 49.8 Å². The first-order chi connectivity index (χ1) is 14.8. The molecule has 1 saturated heterocycles. The Balaban J connectivity index is 1.58. The van der Waals surface area contributed by atoms with E-state index in [1.165, 1.54) is 25.1 Å². The monoisotopic (exact) mass is 441 g/mol. The molecule has 0 bridgehead atoms. The van der Waals surface area contributed by atoms with Gasteiger partial charge in [-0.05, 0) is 56.2 Å². The second-order valence-corrected chi connectivity index (χ2v) is 10.4. The number of carbonyl (C=O) groups excluding carboxylic acids is 2. The van der Waals surface area contributed by atoms with Gasteiger partial charge in [-0.15, -0.1) is 10.2 Å². The number of thioether (sulfide) groups is 1. The Morgan fingerprint density at radius 3 is 2.52 bits per heavy atom. The average molecular weight is 442 g/mol. The summed E-state index contributed by atoms with van der Waals surface area (Å²) in [6, 6.07) is 7.70. The number of rotatable bonds is 6. The Labute approximate surface area is 188 Å². The maximum absolute atomic E-state index is 13.2. The van der Waals surface area contributed by atoms with Gasteiger partial charge in [0.25, 0.3) is 0 Å². The van der Waals surface area contributed by atoms with Gasteiger partial charge in [0.15, 0.2) is 5.16 Å². The third kappa shape index (κ3) is 5.11. The van der Waals surface area contributed by atoms with E-state index in [0.29, 0.717) is 17.8 Å². The summed E-state index contributed by atoms with van der Waals surface area (Å²) < 4.78 is 2.05. The highest BCUT2D eigenvalue weighted by molar-refractivity contribution is 8.00. The molecule has 166 valence electrons. The van der Waals surface area contributed by atoms with Crippen molar-refractivity contribution >= 4 is 29.3 Å². The molecule has 4 rings (SSSR count). The summed E-state index contributed by atoms with van der Waals surface area (Å²) in [5.41, 5.74) is 1.64. The Bertz CT molecular complexity index is 961. The van der Waals surface area contributed by atoms with Crippen LogP contribution in [0, 0.1) is 11.8 Å². The number of amides is 2. The van der Waals surface area contributed by atoms with Gasteiger partial charge in [-0.2, -0.15) is 0 Å². The van der Waals surface area contributed by atoms with Crippen LogP contribution < -0.4 is 5.32 Å². The van der Waals surface area contributed by atoms with Gasteiger partial charge in [0.1, 0.15) is 5.82 Å². The zero-order valence-corrected chi connectivity index (χ0v) is 19.5. The SMILES string of the molecule is CC(=O)Nc1cccc(-n2c(S[C@H](C)C(=O)N3C[C@H](C)C[C@H](C)C3)nnc2C2CC2)c1. The number of likely N-dealkylation sites (tertiary alicyclic amines) is 1. The molecule has 1 aromatic heterocycles. The van der Waals surface area contributed by atoms with Crippen molar-refractivity contribution in [1.29, 1.82) is 0 Å². The van der Waals surface area contributed by atoms with Crippen molar-refractivity contribution in [2.45, 2.75) is 63.3 Å². The van der Waals surface area contributed by atoms with Crippen LogP contribution in [0.5, 0.6) is 0 Å². The summed E-state index contributed by atoms with van der Waals surface area (Å²) >= 11 is 1.47. The molecule has 0 radical (unpaired) electrons. The van der Waals surface area contributed by atoms with Gasteiger partial charge in [0.05, 0.1) is 10.9 Å². The number of hydrogen-bond donors (Lipinski definition) is 1. The molecule has 0 spiro atoms. The van der Waals surface area contributed by atoms with Gasteiger partial charge >= 0.3 is 0 Å². The number of hydrogen-bond acceptors (Lipinski definition) is 5. The Hall–Kier alpha value is -2.35. The van der Waals surface area contributed by atoms with E-state index in [4.69, 9.17) is 0 Å². The molecule has 1 aromatic carbocycles. The minimum Gasteiger partial charge on any atom is -0.341 e. The number of anilines is 1. The lowest BCUT2D eigenvalue weighted by atomic mass is 9.92. The summed E-state index contributed by atoms with van der Waals surface area (Å²) in [7, 11) is 0. The highest BCUT2D eigenvalue weighted by Gasteiger charge is 2.33. The van der Waals surface area contributed by atoms with E-state index in [9.17, 15) is 9.59 Å². The van der Waals surface area contributed by atoms with Gasteiger partial charge in [-0.25, -0.2) is 0 Å². The number of benzene rings is 1. The molecule has 2 fully saturated rings. The van der Waals surface area contributed by atoms with Crippen molar-refractivity contribution in [2.24, 2.45) is 11.8 Å². The summed E-state index contributed by atoms with van der Waals surface area (Å²) in [6.07, 6.45) is 3.38. The molecule has 2 amide bonds. The molecule has 1 aliphatic heterocycles. The number of piperidine rings is 1. The van der Waals surface area contributed by atoms with E-state index in [-0.39, 0.29) is 17.1 Å². The summed E-state index contributed by atoms with van der Waals surface area (Å²) in [5, 5.41) is 12.3. The van der Waals surface area contributed by atoms with E-state index in [1.807, 2.05) is 36.1 Å². The van der Waals surface area contributed by atoms with Crippen LogP contribution in [-0.2, 0) is 9.59 Å². The smallest absolute Gasteiger partial charge is 0.235 e. The lowest BCUT2D eigenvalue weighted by molar-refractivity contribution is -0.133. The van der Waals surface area contributed by atoms with E-state index >= 15 is 0 Å². The molecule has 2 aromatic rings. The van der Waals surface area contributed by atoms with Crippen LogP contribution in [0.15, 0.2) is 29.4 Å². The van der Waals surface area contributed by atoms with Gasteiger partial charge in [0.2, 0.25) is 11.8 Å². The number of nitrogens with zero attached hydrogens (tertiary/aromatic N) is 4. The fourth-order valence-corrected chi connectivity index (χ4v) is 5.40. The van der Waals surface area contributed by atoms with E-state index in [2.05, 4.69) is 33.9 Å². The topological polar surface area (TPSA) is 80.1 Å². The molecule has 0 unspecified atom stereocenters. The predicted molar refractivity (Wildman–Crippen MR) is 122 cm³/mol. The second-order valence-electron chi connectivity index (χ2n) is 9.13. The van der Waals surface area contributed by atoms with Crippen molar-refractivity contribution in [3.05, 3.63) is 30.1 Å². The Morgan fingerprint density at radius 2 is 1.87 bits per heavy atom. The molecule has 31 heavy (non-hydrogen) atoms. The van der Waals surface area contributed by atoms with Gasteiger partial charge in [0, 0.05) is 31.6 Å². The highest BCUT2D eigenvalue weighted by Crippen LogP contribution is 2.42. The Kier molecular flexibility index (Phi) is 6.36. The summed E-state index contributed by atoms with van der Waals surface area (Å²) in [5.74, 6) is 2.46. The molecule has 1 N–H and O–H groups in total. The van der Waals surface area contributed by atoms with Crippen LogP contribution in [0.4, 0.5) is 5.69 Å². The molecular formula is C23H31N5O2S. The molecule has 1 saturated carbocycles. The minimum absolute atomic E-state index is 0.109. The third-order valence-corrected chi connectivity index (χ3v) is 6.87. The summed E-state index contributed by atoms with van der Waals surface area (Å²) in [6.45, 7) is 9.54. The van der Waals surface area contributed by atoms with E-state index < -0.39 is 0 Å². The van der Waals surface area contributed by atoms with Gasteiger partial charge in [-0.1, -0.05) is 31.7 Å². The lowest BCUT2D eigenvalue weighted by Gasteiger charge is -2.36. The normalized spacial score (nSPS) is 22.3. The van der Waals surface area contributed by atoms with Crippen molar-refractivity contribution in [2.75, 3.05) is 18.4 Å². The average Bonchev–Trinajstić information content (AvgIpc) is 3.46.